The molecular weight excluding hydrogens is 250 g/mol. The molecule has 0 bridgehead atoms. The van der Waals surface area contributed by atoms with E-state index in [4.69, 9.17) is 0 Å². The number of aromatic nitrogens is 3. The Kier molecular flexibility index (Phi) is 2.81. The number of hydrogen-bond donors (Lipinski definition) is 1. The van der Waals surface area contributed by atoms with Gasteiger partial charge < -0.3 is 4.98 Å². The van der Waals surface area contributed by atoms with E-state index in [1.54, 1.807) is 6.20 Å². The van der Waals surface area contributed by atoms with E-state index in [-0.39, 0.29) is 5.25 Å². The minimum absolute atomic E-state index is 0.285. The largest absolute Gasteiger partial charge is 0.341 e. The van der Waals surface area contributed by atoms with Crippen molar-refractivity contribution in [3.8, 4) is 0 Å². The Bertz CT molecular complexity index is 630. The molecule has 1 saturated heterocycles. The van der Waals surface area contributed by atoms with E-state index in [9.17, 15) is 8.42 Å². The summed E-state index contributed by atoms with van der Waals surface area (Å²) in [7, 11) is -2.94. The van der Waals surface area contributed by atoms with Crippen LogP contribution in [-0.4, -0.2) is 34.4 Å². The number of rotatable bonds is 2. The molecule has 0 amide bonds. The van der Waals surface area contributed by atoms with Crippen molar-refractivity contribution in [3.05, 3.63) is 24.2 Å². The molecule has 5 nitrogen and oxygen atoms in total. The molecule has 1 fully saturated rings. The molecule has 1 aliphatic heterocycles. The van der Waals surface area contributed by atoms with E-state index >= 15 is 0 Å². The Morgan fingerprint density at radius 1 is 1.39 bits per heavy atom. The fraction of sp³-hybridized carbons (Fsp3) is 0.500. The first-order valence-electron chi connectivity index (χ1n) is 6.16. The molecule has 1 aliphatic rings. The fourth-order valence-corrected chi connectivity index (χ4v) is 4.34. The Hall–Kier alpha value is -1.43. The van der Waals surface area contributed by atoms with Gasteiger partial charge in [0.05, 0.1) is 16.5 Å². The van der Waals surface area contributed by atoms with Crippen LogP contribution < -0.4 is 0 Å². The number of nitrogens with zero attached hydrogens (tertiary/aromatic N) is 2. The highest BCUT2D eigenvalue weighted by Crippen LogP contribution is 2.22. The Balaban J connectivity index is 1.87. The second kappa shape index (κ2) is 4.35. The molecule has 0 aromatic carbocycles. The lowest BCUT2D eigenvalue weighted by molar-refractivity contribution is 0.535. The third-order valence-corrected chi connectivity index (χ3v) is 5.72. The zero-order chi connectivity index (χ0) is 12.6. The number of sulfone groups is 1. The van der Waals surface area contributed by atoms with Crippen LogP contribution in [0.2, 0.25) is 0 Å². The predicted octanol–water partition coefficient (Wildman–Crippen LogP) is 1.47. The van der Waals surface area contributed by atoms with Crippen LogP contribution in [0.1, 0.15) is 25.1 Å². The van der Waals surface area contributed by atoms with Crippen molar-refractivity contribution in [1.82, 2.24) is 15.0 Å². The number of H-pyrrole nitrogens is 1. The van der Waals surface area contributed by atoms with Gasteiger partial charge in [-0.2, -0.15) is 0 Å². The van der Waals surface area contributed by atoms with Crippen LogP contribution in [0, 0.1) is 0 Å². The van der Waals surface area contributed by atoms with E-state index in [0.29, 0.717) is 17.8 Å². The van der Waals surface area contributed by atoms with Gasteiger partial charge >= 0.3 is 0 Å². The van der Waals surface area contributed by atoms with Crippen molar-refractivity contribution in [2.45, 2.75) is 30.9 Å². The number of hydrogen-bond acceptors (Lipinski definition) is 4. The zero-order valence-electron chi connectivity index (χ0n) is 9.96. The molecule has 3 rings (SSSR count). The van der Waals surface area contributed by atoms with E-state index in [0.717, 1.165) is 30.6 Å². The van der Waals surface area contributed by atoms with Gasteiger partial charge in [0.2, 0.25) is 0 Å². The molecule has 18 heavy (non-hydrogen) atoms. The van der Waals surface area contributed by atoms with Gasteiger partial charge in [-0.15, -0.1) is 0 Å². The van der Waals surface area contributed by atoms with Crippen LogP contribution in [0.25, 0.3) is 11.2 Å². The first kappa shape index (κ1) is 11.6. The maximum Gasteiger partial charge on any atom is 0.177 e. The van der Waals surface area contributed by atoms with Gasteiger partial charge in [-0.05, 0) is 25.0 Å². The van der Waals surface area contributed by atoms with Gasteiger partial charge in [0.25, 0.3) is 0 Å². The van der Waals surface area contributed by atoms with Crippen LogP contribution in [-0.2, 0) is 16.3 Å². The minimum Gasteiger partial charge on any atom is -0.341 e. The SMILES string of the molecule is O=S1(=O)CCCCC1Cc1nc2ncccc2[nH]1. The summed E-state index contributed by atoms with van der Waals surface area (Å²) >= 11 is 0. The summed E-state index contributed by atoms with van der Waals surface area (Å²) in [6, 6.07) is 3.73. The Morgan fingerprint density at radius 3 is 3.06 bits per heavy atom. The maximum absolute atomic E-state index is 11.9. The monoisotopic (exact) mass is 265 g/mol. The minimum atomic E-state index is -2.94. The lowest BCUT2D eigenvalue weighted by Crippen LogP contribution is -2.30. The first-order valence-corrected chi connectivity index (χ1v) is 7.88. The molecule has 0 aliphatic carbocycles. The van der Waals surface area contributed by atoms with Crippen molar-refractivity contribution in [2.75, 3.05) is 5.75 Å². The van der Waals surface area contributed by atoms with E-state index in [1.165, 1.54) is 0 Å². The van der Waals surface area contributed by atoms with Crippen LogP contribution in [0.15, 0.2) is 18.3 Å². The second-order valence-corrected chi connectivity index (χ2v) is 7.15. The van der Waals surface area contributed by atoms with Gasteiger partial charge in [-0.1, -0.05) is 6.42 Å². The predicted molar refractivity (Wildman–Crippen MR) is 69.0 cm³/mol. The average Bonchev–Trinajstić information content (AvgIpc) is 2.74. The molecule has 2 aromatic heterocycles. The van der Waals surface area contributed by atoms with Gasteiger partial charge in [-0.3, -0.25) is 0 Å². The van der Waals surface area contributed by atoms with Crippen molar-refractivity contribution in [2.24, 2.45) is 0 Å². The number of fused-ring (bicyclic) bond motifs is 1. The summed E-state index contributed by atoms with van der Waals surface area (Å²) < 4.78 is 23.9. The highest BCUT2D eigenvalue weighted by molar-refractivity contribution is 7.92. The van der Waals surface area contributed by atoms with Gasteiger partial charge in [0.15, 0.2) is 15.5 Å². The average molecular weight is 265 g/mol. The quantitative estimate of drug-likeness (QED) is 0.892. The standard InChI is InChI=1S/C12H15N3O2S/c16-18(17)7-2-1-4-9(18)8-11-14-10-5-3-6-13-12(10)15-11/h3,5-6,9H,1-2,4,7-8H2,(H,13,14,15). The van der Waals surface area contributed by atoms with Crippen molar-refractivity contribution >= 4 is 21.0 Å². The van der Waals surface area contributed by atoms with E-state index in [2.05, 4.69) is 15.0 Å². The second-order valence-electron chi connectivity index (χ2n) is 4.75. The number of imidazole rings is 1. The van der Waals surface area contributed by atoms with E-state index < -0.39 is 9.84 Å². The summed E-state index contributed by atoms with van der Waals surface area (Å²) in [5, 5.41) is -0.285. The fourth-order valence-electron chi connectivity index (χ4n) is 2.46. The van der Waals surface area contributed by atoms with Crippen molar-refractivity contribution in [1.29, 1.82) is 0 Å². The molecule has 1 N–H and O–H groups in total. The number of aromatic amines is 1. The summed E-state index contributed by atoms with van der Waals surface area (Å²) in [5.41, 5.74) is 1.52. The molecule has 1 atom stereocenters. The summed E-state index contributed by atoms with van der Waals surface area (Å²) in [6.45, 7) is 0. The van der Waals surface area contributed by atoms with Crippen LogP contribution in [0.4, 0.5) is 0 Å². The lowest BCUT2D eigenvalue weighted by atomic mass is 10.1. The van der Waals surface area contributed by atoms with Crippen LogP contribution >= 0.6 is 0 Å². The maximum atomic E-state index is 11.9. The van der Waals surface area contributed by atoms with Crippen molar-refractivity contribution in [3.63, 3.8) is 0 Å². The Morgan fingerprint density at radius 2 is 2.28 bits per heavy atom. The molecular formula is C12H15N3O2S. The molecule has 6 heteroatoms. The third kappa shape index (κ3) is 2.12. The lowest BCUT2D eigenvalue weighted by Gasteiger charge is -2.21. The smallest absolute Gasteiger partial charge is 0.177 e. The van der Waals surface area contributed by atoms with Crippen LogP contribution in [0.5, 0.6) is 0 Å². The van der Waals surface area contributed by atoms with Gasteiger partial charge in [0, 0.05) is 12.6 Å². The number of pyridine rings is 1. The third-order valence-electron chi connectivity index (χ3n) is 3.44. The summed E-state index contributed by atoms with van der Waals surface area (Å²) in [4.78, 5) is 11.6. The molecule has 0 radical (unpaired) electrons. The molecule has 1 unspecified atom stereocenters. The highest BCUT2D eigenvalue weighted by Gasteiger charge is 2.29. The normalized spacial score (nSPS) is 23.2. The molecule has 96 valence electrons. The summed E-state index contributed by atoms with van der Waals surface area (Å²) in [5.74, 6) is 1.04. The highest BCUT2D eigenvalue weighted by atomic mass is 32.2. The molecule has 2 aromatic rings. The van der Waals surface area contributed by atoms with E-state index in [1.807, 2.05) is 12.1 Å². The molecule has 0 saturated carbocycles. The number of nitrogens with one attached hydrogen (secondary N) is 1. The molecule has 3 heterocycles. The Labute approximate surface area is 106 Å². The van der Waals surface area contributed by atoms with Gasteiger partial charge in [0.1, 0.15) is 5.82 Å². The zero-order valence-corrected chi connectivity index (χ0v) is 10.8. The van der Waals surface area contributed by atoms with Gasteiger partial charge in [-0.25, -0.2) is 18.4 Å². The summed E-state index contributed by atoms with van der Waals surface area (Å²) in [6.07, 6.45) is 4.68. The molecule has 0 spiro atoms. The topological polar surface area (TPSA) is 75.7 Å². The first-order chi connectivity index (χ1) is 8.65. The van der Waals surface area contributed by atoms with Crippen molar-refractivity contribution < 1.29 is 8.42 Å². The van der Waals surface area contributed by atoms with Crippen LogP contribution in [0.3, 0.4) is 0 Å².